The number of hydrogen-bond acceptors (Lipinski definition) is 5. The number of nitro benzene ring substituents is 1. The average Bonchev–Trinajstić information content (AvgIpc) is 2.51. The Morgan fingerprint density at radius 3 is 2.74 bits per heavy atom. The van der Waals surface area contributed by atoms with Crippen LogP contribution in [0.2, 0.25) is 5.02 Å². The van der Waals surface area contributed by atoms with E-state index in [-0.39, 0.29) is 28.7 Å². The number of likely N-dealkylation sites (N-methyl/N-ethyl adjacent to an activating group) is 1. The largest absolute Gasteiger partial charge is 0.385 e. The molecule has 0 aliphatic rings. The predicted molar refractivity (Wildman–Crippen MR) is 84.6 cm³/mol. The number of amides is 2. The van der Waals surface area contributed by atoms with Crippen LogP contribution in [-0.4, -0.2) is 55.5 Å². The smallest absolute Gasteiger partial charge is 0.270 e. The Kier molecular flexibility index (Phi) is 7.43. The van der Waals surface area contributed by atoms with Crippen molar-refractivity contribution in [2.75, 3.05) is 33.9 Å². The van der Waals surface area contributed by atoms with Crippen molar-refractivity contribution in [1.29, 1.82) is 0 Å². The molecule has 0 aromatic heterocycles. The van der Waals surface area contributed by atoms with Crippen molar-refractivity contribution in [3.05, 3.63) is 38.9 Å². The van der Waals surface area contributed by atoms with E-state index in [1.165, 1.54) is 19.2 Å². The lowest BCUT2D eigenvalue weighted by Gasteiger charge is -2.17. The maximum atomic E-state index is 12.3. The van der Waals surface area contributed by atoms with E-state index >= 15 is 0 Å². The monoisotopic (exact) mass is 343 g/mol. The summed E-state index contributed by atoms with van der Waals surface area (Å²) in [5.41, 5.74) is -0.259. The van der Waals surface area contributed by atoms with Gasteiger partial charge in [-0.25, -0.2) is 0 Å². The molecule has 0 spiro atoms. The highest BCUT2D eigenvalue weighted by Crippen LogP contribution is 2.23. The molecule has 0 radical (unpaired) electrons. The van der Waals surface area contributed by atoms with Gasteiger partial charge in [-0.1, -0.05) is 11.6 Å². The lowest BCUT2D eigenvalue weighted by atomic mass is 10.1. The number of hydrogen-bond donors (Lipinski definition) is 1. The van der Waals surface area contributed by atoms with E-state index in [4.69, 9.17) is 16.3 Å². The van der Waals surface area contributed by atoms with E-state index in [1.54, 1.807) is 7.11 Å². The first-order valence-corrected chi connectivity index (χ1v) is 7.19. The van der Waals surface area contributed by atoms with Crippen LogP contribution in [0.3, 0.4) is 0 Å². The molecule has 0 unspecified atom stereocenters. The predicted octanol–water partition coefficient (Wildman–Crippen LogP) is 1.47. The lowest BCUT2D eigenvalue weighted by Crippen LogP contribution is -2.39. The van der Waals surface area contributed by atoms with Crippen molar-refractivity contribution < 1.29 is 19.2 Å². The Morgan fingerprint density at radius 2 is 2.13 bits per heavy atom. The minimum Gasteiger partial charge on any atom is -0.385 e. The Hall–Kier alpha value is -2.19. The number of carbonyl (C=O) groups is 2. The summed E-state index contributed by atoms with van der Waals surface area (Å²) >= 11 is 5.91. The summed E-state index contributed by atoms with van der Waals surface area (Å²) < 4.78 is 4.86. The van der Waals surface area contributed by atoms with Crippen LogP contribution >= 0.6 is 11.6 Å². The minimum atomic E-state index is -0.615. The highest BCUT2D eigenvalue weighted by molar-refractivity contribution is 6.34. The van der Waals surface area contributed by atoms with Crippen molar-refractivity contribution in [2.45, 2.75) is 6.42 Å². The molecule has 2 amide bonds. The second-order valence-electron chi connectivity index (χ2n) is 4.78. The summed E-state index contributed by atoms with van der Waals surface area (Å²) in [6.45, 7) is 0.787. The van der Waals surface area contributed by atoms with Gasteiger partial charge >= 0.3 is 0 Å². The molecule has 0 saturated carbocycles. The van der Waals surface area contributed by atoms with Crippen LogP contribution in [0, 0.1) is 10.1 Å². The van der Waals surface area contributed by atoms with Crippen LogP contribution < -0.4 is 5.32 Å². The average molecular weight is 344 g/mol. The molecule has 0 aliphatic heterocycles. The molecule has 23 heavy (non-hydrogen) atoms. The molecule has 0 bridgehead atoms. The first kappa shape index (κ1) is 18.9. The molecule has 126 valence electrons. The third-order valence-corrected chi connectivity index (χ3v) is 3.30. The van der Waals surface area contributed by atoms with Crippen molar-refractivity contribution in [3.63, 3.8) is 0 Å². The first-order chi connectivity index (χ1) is 10.9. The van der Waals surface area contributed by atoms with Gasteiger partial charge in [0.1, 0.15) is 0 Å². The molecule has 0 atom stereocenters. The fourth-order valence-electron chi connectivity index (χ4n) is 1.78. The maximum Gasteiger partial charge on any atom is 0.270 e. The van der Waals surface area contributed by atoms with E-state index in [9.17, 15) is 19.7 Å². The van der Waals surface area contributed by atoms with Gasteiger partial charge in [0.25, 0.3) is 11.6 Å². The zero-order valence-corrected chi connectivity index (χ0v) is 13.6. The maximum absolute atomic E-state index is 12.3. The molecule has 0 fully saturated rings. The Bertz CT molecular complexity index is 594. The van der Waals surface area contributed by atoms with Crippen LogP contribution in [0.1, 0.15) is 16.8 Å². The van der Waals surface area contributed by atoms with Gasteiger partial charge in [-0.3, -0.25) is 19.7 Å². The fourth-order valence-corrected chi connectivity index (χ4v) is 1.98. The summed E-state index contributed by atoms with van der Waals surface area (Å²) in [5, 5.41) is 13.5. The van der Waals surface area contributed by atoms with Gasteiger partial charge in [0.05, 0.1) is 22.1 Å². The number of nitrogens with one attached hydrogen (secondary N) is 1. The Balaban J connectivity index is 2.68. The Morgan fingerprint density at radius 1 is 1.43 bits per heavy atom. The van der Waals surface area contributed by atoms with Crippen LogP contribution in [0.4, 0.5) is 5.69 Å². The Labute approximate surface area is 138 Å². The number of methoxy groups -OCH3 is 1. The van der Waals surface area contributed by atoms with Crippen LogP contribution in [-0.2, 0) is 9.53 Å². The van der Waals surface area contributed by atoms with Crippen molar-refractivity contribution in [3.8, 4) is 0 Å². The molecule has 0 saturated heterocycles. The number of nitrogens with zero attached hydrogens (tertiary/aromatic N) is 2. The van der Waals surface area contributed by atoms with E-state index < -0.39 is 10.8 Å². The van der Waals surface area contributed by atoms with Gasteiger partial charge in [-0.15, -0.1) is 0 Å². The van der Waals surface area contributed by atoms with Gasteiger partial charge in [0, 0.05) is 39.4 Å². The number of halogens is 1. The zero-order chi connectivity index (χ0) is 17.4. The lowest BCUT2D eigenvalue weighted by molar-refractivity contribution is -0.384. The molecule has 8 nitrogen and oxygen atoms in total. The summed E-state index contributed by atoms with van der Waals surface area (Å²) in [7, 11) is 2.99. The number of nitro groups is 1. The van der Waals surface area contributed by atoms with E-state index in [2.05, 4.69) is 5.32 Å². The fraction of sp³-hybridized carbons (Fsp3) is 0.429. The van der Waals surface area contributed by atoms with Gasteiger partial charge in [0.2, 0.25) is 5.91 Å². The minimum absolute atomic E-state index is 0.0180. The quantitative estimate of drug-likeness (QED) is 0.437. The summed E-state index contributed by atoms with van der Waals surface area (Å²) in [4.78, 5) is 35.3. The summed E-state index contributed by atoms with van der Waals surface area (Å²) in [5.74, 6) is -0.899. The first-order valence-electron chi connectivity index (χ1n) is 6.82. The van der Waals surface area contributed by atoms with Crippen molar-refractivity contribution in [1.82, 2.24) is 10.2 Å². The van der Waals surface area contributed by atoms with Crippen LogP contribution in [0.5, 0.6) is 0 Å². The number of ether oxygens (including phenoxy) is 1. The molecular formula is C14H18ClN3O5. The highest BCUT2D eigenvalue weighted by Gasteiger charge is 2.20. The molecule has 1 aromatic carbocycles. The van der Waals surface area contributed by atoms with Crippen LogP contribution in [0.15, 0.2) is 18.2 Å². The van der Waals surface area contributed by atoms with Gasteiger partial charge in [-0.05, 0) is 12.5 Å². The number of non-ortho nitro benzene ring substituents is 1. The zero-order valence-electron chi connectivity index (χ0n) is 12.9. The number of benzene rings is 1. The second-order valence-corrected chi connectivity index (χ2v) is 5.19. The van der Waals surface area contributed by atoms with Crippen molar-refractivity contribution >= 4 is 29.1 Å². The molecular weight excluding hydrogens is 326 g/mol. The van der Waals surface area contributed by atoms with Crippen LogP contribution in [0.25, 0.3) is 0 Å². The number of rotatable bonds is 8. The molecule has 1 rings (SSSR count). The van der Waals surface area contributed by atoms with Gasteiger partial charge < -0.3 is 15.0 Å². The topological polar surface area (TPSA) is 102 Å². The molecule has 1 aromatic rings. The SMILES string of the molecule is COCCCNC(=O)CN(C)C(=O)c1cc([N+](=O)[O-])ccc1Cl. The molecule has 0 heterocycles. The van der Waals surface area contributed by atoms with Gasteiger partial charge in [0.15, 0.2) is 0 Å². The van der Waals surface area contributed by atoms with Gasteiger partial charge in [-0.2, -0.15) is 0 Å². The molecule has 9 heteroatoms. The third kappa shape index (κ3) is 5.84. The van der Waals surface area contributed by atoms with E-state index in [0.29, 0.717) is 19.6 Å². The standard InChI is InChI=1S/C14H18ClN3O5/c1-17(9-13(19)16-6-3-7-23-2)14(20)11-8-10(18(21)22)4-5-12(11)15/h4-5,8H,3,6-7,9H2,1-2H3,(H,16,19). The molecule has 1 N–H and O–H groups in total. The van der Waals surface area contributed by atoms with Crippen molar-refractivity contribution in [2.24, 2.45) is 0 Å². The normalized spacial score (nSPS) is 10.2. The highest BCUT2D eigenvalue weighted by atomic mass is 35.5. The molecule has 0 aliphatic carbocycles. The second kappa shape index (κ2) is 9.06. The number of carbonyl (C=O) groups excluding carboxylic acids is 2. The summed E-state index contributed by atoms with van der Waals surface area (Å²) in [6.07, 6.45) is 0.663. The summed E-state index contributed by atoms with van der Waals surface area (Å²) in [6, 6.07) is 3.59. The van der Waals surface area contributed by atoms with E-state index in [1.807, 2.05) is 0 Å². The van der Waals surface area contributed by atoms with E-state index in [0.717, 1.165) is 11.0 Å². The third-order valence-electron chi connectivity index (χ3n) is 2.97.